The molecule has 1 saturated heterocycles. The fourth-order valence-electron chi connectivity index (χ4n) is 2.05. The molecule has 1 amide bonds. The Morgan fingerprint density at radius 2 is 2.06 bits per heavy atom. The number of hydrogen-bond donors (Lipinski definition) is 1. The van der Waals surface area contributed by atoms with E-state index in [1.165, 1.54) is 0 Å². The van der Waals surface area contributed by atoms with Gasteiger partial charge >= 0.3 is 0 Å². The van der Waals surface area contributed by atoms with Crippen LogP contribution in [0.25, 0.3) is 0 Å². The van der Waals surface area contributed by atoms with Crippen LogP contribution in [0.5, 0.6) is 0 Å². The van der Waals surface area contributed by atoms with Crippen LogP contribution in [0.4, 0.5) is 0 Å². The zero-order valence-corrected chi connectivity index (χ0v) is 11.0. The fourth-order valence-corrected chi connectivity index (χ4v) is 2.05. The molecule has 0 aromatic carbocycles. The van der Waals surface area contributed by atoms with E-state index >= 15 is 0 Å². The summed E-state index contributed by atoms with van der Waals surface area (Å²) < 4.78 is 0. The zero-order valence-electron chi connectivity index (χ0n) is 11.0. The molecule has 0 bridgehead atoms. The van der Waals surface area contributed by atoms with Crippen LogP contribution in [0, 0.1) is 11.8 Å². The summed E-state index contributed by atoms with van der Waals surface area (Å²) in [7, 11) is 0. The second kappa shape index (κ2) is 5.17. The molecular formula is C13H25NO2. The van der Waals surface area contributed by atoms with Crippen LogP contribution in [0.2, 0.25) is 0 Å². The maximum Gasteiger partial charge on any atom is 0.225 e. The largest absolute Gasteiger partial charge is 0.390 e. The summed E-state index contributed by atoms with van der Waals surface area (Å²) >= 11 is 0. The molecule has 1 rings (SSSR count). The number of rotatable bonds is 5. The topological polar surface area (TPSA) is 40.5 Å². The van der Waals surface area contributed by atoms with E-state index in [0.29, 0.717) is 0 Å². The van der Waals surface area contributed by atoms with Gasteiger partial charge in [0.05, 0.1) is 5.60 Å². The molecule has 0 aromatic rings. The van der Waals surface area contributed by atoms with Crippen LogP contribution < -0.4 is 0 Å². The number of nitrogens with zero attached hydrogens (tertiary/aromatic N) is 1. The highest BCUT2D eigenvalue weighted by Gasteiger charge is 2.40. The number of carbonyl (C=O) groups excluding carboxylic acids is 1. The van der Waals surface area contributed by atoms with Crippen LogP contribution >= 0.6 is 0 Å². The molecule has 3 nitrogen and oxygen atoms in total. The van der Waals surface area contributed by atoms with Gasteiger partial charge in [0.15, 0.2) is 0 Å². The first kappa shape index (κ1) is 13.5. The predicted molar refractivity (Wildman–Crippen MR) is 65.1 cm³/mol. The molecule has 1 aliphatic heterocycles. The Balaban J connectivity index is 2.31. The fraction of sp³-hybridized carbons (Fsp3) is 0.923. The van der Waals surface area contributed by atoms with E-state index < -0.39 is 5.60 Å². The lowest BCUT2D eigenvalue weighted by atomic mass is 9.83. The molecule has 0 aliphatic carbocycles. The van der Waals surface area contributed by atoms with Gasteiger partial charge in [0.25, 0.3) is 0 Å². The molecule has 0 saturated carbocycles. The second-order valence-corrected chi connectivity index (χ2v) is 5.64. The third kappa shape index (κ3) is 3.21. The highest BCUT2D eigenvalue weighted by atomic mass is 16.3. The minimum Gasteiger partial charge on any atom is -0.390 e. The lowest BCUT2D eigenvalue weighted by Crippen LogP contribution is -2.58. The third-order valence-electron chi connectivity index (χ3n) is 3.60. The molecule has 94 valence electrons. The highest BCUT2D eigenvalue weighted by molar-refractivity contribution is 5.79. The number of hydrogen-bond acceptors (Lipinski definition) is 2. The molecule has 0 spiro atoms. The summed E-state index contributed by atoms with van der Waals surface area (Å²) in [6, 6.07) is 0. The normalized spacial score (nSPS) is 19.4. The summed E-state index contributed by atoms with van der Waals surface area (Å²) in [5, 5.41) is 9.78. The van der Waals surface area contributed by atoms with Gasteiger partial charge in [-0.25, -0.2) is 0 Å². The summed E-state index contributed by atoms with van der Waals surface area (Å²) in [6.07, 6.45) is 3.25. The molecule has 3 heteroatoms. The number of amides is 1. The first-order chi connectivity index (χ1) is 7.36. The van der Waals surface area contributed by atoms with E-state index in [9.17, 15) is 9.90 Å². The Bertz CT molecular complexity index is 239. The number of unbranched alkanes of at least 4 members (excludes halogenated alkanes) is 1. The van der Waals surface area contributed by atoms with Crippen LogP contribution in [0.3, 0.4) is 0 Å². The molecule has 0 radical (unpaired) electrons. The summed E-state index contributed by atoms with van der Waals surface area (Å²) in [5.74, 6) is 0.645. The monoisotopic (exact) mass is 227 g/mol. The maximum atomic E-state index is 11.9. The van der Waals surface area contributed by atoms with Crippen molar-refractivity contribution in [1.82, 2.24) is 4.90 Å². The van der Waals surface area contributed by atoms with Gasteiger partial charge in [0.1, 0.15) is 0 Å². The maximum absolute atomic E-state index is 11.9. The first-order valence-corrected chi connectivity index (χ1v) is 6.37. The highest BCUT2D eigenvalue weighted by Crippen LogP contribution is 2.28. The van der Waals surface area contributed by atoms with E-state index in [0.717, 1.165) is 32.4 Å². The standard InChI is InChI=1S/C13H25NO2/c1-5-6-7-10(2)12(15)14-8-11(9-14)13(3,4)16/h10-11,16H,5-9H2,1-4H3/t10-/m1/s1. The van der Waals surface area contributed by atoms with E-state index in [1.54, 1.807) is 0 Å². The SMILES string of the molecule is CCCC[C@@H](C)C(=O)N1CC(C(C)(C)O)C1. The molecular weight excluding hydrogens is 202 g/mol. The van der Waals surface area contributed by atoms with Crippen molar-refractivity contribution in [3.8, 4) is 0 Å². The average Bonchev–Trinajstić information content (AvgIpc) is 2.09. The Labute approximate surface area is 98.8 Å². The number of carbonyl (C=O) groups is 1. The lowest BCUT2D eigenvalue weighted by Gasteiger charge is -2.46. The van der Waals surface area contributed by atoms with Crippen molar-refractivity contribution in [3.05, 3.63) is 0 Å². The van der Waals surface area contributed by atoms with Gasteiger partial charge < -0.3 is 10.0 Å². The second-order valence-electron chi connectivity index (χ2n) is 5.64. The van der Waals surface area contributed by atoms with Crippen LogP contribution in [-0.4, -0.2) is 34.6 Å². The van der Waals surface area contributed by atoms with Crippen molar-refractivity contribution in [2.75, 3.05) is 13.1 Å². The molecule has 1 aliphatic rings. The van der Waals surface area contributed by atoms with Crippen LogP contribution in [0.15, 0.2) is 0 Å². The van der Waals surface area contributed by atoms with E-state index in [2.05, 4.69) is 6.92 Å². The lowest BCUT2D eigenvalue weighted by molar-refractivity contribution is -0.148. The van der Waals surface area contributed by atoms with Gasteiger partial charge in [-0.05, 0) is 20.3 Å². The minimum atomic E-state index is -0.649. The Morgan fingerprint density at radius 3 is 2.50 bits per heavy atom. The van der Waals surface area contributed by atoms with Crippen molar-refractivity contribution >= 4 is 5.91 Å². The Hall–Kier alpha value is -0.570. The molecule has 1 fully saturated rings. The van der Waals surface area contributed by atoms with Crippen molar-refractivity contribution in [1.29, 1.82) is 0 Å². The van der Waals surface area contributed by atoms with Gasteiger partial charge in [-0.3, -0.25) is 4.79 Å². The van der Waals surface area contributed by atoms with Crippen molar-refractivity contribution in [3.63, 3.8) is 0 Å². The summed E-state index contributed by atoms with van der Waals surface area (Å²) in [6.45, 7) is 9.23. The minimum absolute atomic E-state index is 0.141. The van der Waals surface area contributed by atoms with Crippen molar-refractivity contribution in [2.45, 2.75) is 52.6 Å². The van der Waals surface area contributed by atoms with Gasteiger partial charge in [-0.2, -0.15) is 0 Å². The smallest absolute Gasteiger partial charge is 0.225 e. The van der Waals surface area contributed by atoms with E-state index in [1.807, 2.05) is 25.7 Å². The van der Waals surface area contributed by atoms with Crippen molar-refractivity contribution < 1.29 is 9.90 Å². The first-order valence-electron chi connectivity index (χ1n) is 6.37. The summed E-state index contributed by atoms with van der Waals surface area (Å²) in [5.41, 5.74) is -0.649. The Morgan fingerprint density at radius 1 is 1.50 bits per heavy atom. The van der Waals surface area contributed by atoms with E-state index in [-0.39, 0.29) is 17.7 Å². The summed E-state index contributed by atoms with van der Waals surface area (Å²) in [4.78, 5) is 13.8. The van der Waals surface area contributed by atoms with Gasteiger partial charge in [0.2, 0.25) is 5.91 Å². The zero-order chi connectivity index (χ0) is 12.3. The van der Waals surface area contributed by atoms with Gasteiger partial charge in [-0.15, -0.1) is 0 Å². The average molecular weight is 227 g/mol. The number of likely N-dealkylation sites (tertiary alicyclic amines) is 1. The number of aliphatic hydroxyl groups is 1. The van der Waals surface area contributed by atoms with Crippen LogP contribution in [-0.2, 0) is 4.79 Å². The molecule has 1 heterocycles. The van der Waals surface area contributed by atoms with Gasteiger partial charge in [0, 0.05) is 24.9 Å². The quantitative estimate of drug-likeness (QED) is 0.781. The van der Waals surface area contributed by atoms with Gasteiger partial charge in [-0.1, -0.05) is 26.7 Å². The molecule has 0 unspecified atom stereocenters. The van der Waals surface area contributed by atoms with Crippen LogP contribution in [0.1, 0.15) is 47.0 Å². The molecule has 1 N–H and O–H groups in total. The predicted octanol–water partition coefficient (Wildman–Crippen LogP) is 2.04. The third-order valence-corrected chi connectivity index (χ3v) is 3.60. The molecule has 0 aromatic heterocycles. The van der Waals surface area contributed by atoms with E-state index in [4.69, 9.17) is 0 Å². The Kier molecular flexibility index (Phi) is 4.36. The van der Waals surface area contributed by atoms with Crippen molar-refractivity contribution in [2.24, 2.45) is 11.8 Å². The molecule has 16 heavy (non-hydrogen) atoms. The molecule has 1 atom stereocenters.